The Morgan fingerprint density at radius 1 is 1.31 bits per heavy atom. The van der Waals surface area contributed by atoms with Gasteiger partial charge in [0.1, 0.15) is 5.75 Å². The molecule has 0 amide bonds. The van der Waals surface area contributed by atoms with Crippen LogP contribution < -0.4 is 4.74 Å². The summed E-state index contributed by atoms with van der Waals surface area (Å²) in [4.78, 5) is 0. The molecule has 0 radical (unpaired) electrons. The van der Waals surface area contributed by atoms with Gasteiger partial charge in [0, 0.05) is 4.47 Å². The van der Waals surface area contributed by atoms with Gasteiger partial charge in [-0.2, -0.15) is 0 Å². The molecule has 0 saturated carbocycles. The van der Waals surface area contributed by atoms with Crippen LogP contribution in [-0.4, -0.2) is 6.61 Å². The van der Waals surface area contributed by atoms with Crippen molar-refractivity contribution in [2.45, 2.75) is 26.7 Å². The molecule has 1 rings (SSSR count). The van der Waals surface area contributed by atoms with Crippen LogP contribution in [-0.2, 0) is 0 Å². The summed E-state index contributed by atoms with van der Waals surface area (Å²) in [5.41, 5.74) is 1.23. The highest BCUT2D eigenvalue weighted by molar-refractivity contribution is 9.10. The molecule has 0 aliphatic rings. The van der Waals surface area contributed by atoms with E-state index in [1.54, 1.807) is 0 Å². The van der Waals surface area contributed by atoms with Crippen LogP contribution in [0.4, 0.5) is 0 Å². The lowest BCUT2D eigenvalue weighted by Gasteiger charge is -2.13. The monoisotopic (exact) mass is 282 g/mol. The number of allylic oxidation sites excluding steroid dienone is 1. The summed E-state index contributed by atoms with van der Waals surface area (Å²) in [6, 6.07) is 6.19. The SMILES string of the molecule is C=CC(C)c1cc(Br)cc(OCC(C)C)c1. The van der Waals surface area contributed by atoms with Crippen LogP contribution in [0, 0.1) is 5.92 Å². The molecule has 0 fully saturated rings. The third-order valence-electron chi connectivity index (χ3n) is 2.36. The van der Waals surface area contributed by atoms with Crippen molar-refractivity contribution < 1.29 is 4.74 Å². The van der Waals surface area contributed by atoms with Gasteiger partial charge in [0.05, 0.1) is 6.61 Å². The first-order valence-electron chi connectivity index (χ1n) is 5.58. The molecule has 1 aromatic rings. The number of ether oxygens (including phenoxy) is 1. The fourth-order valence-electron chi connectivity index (χ4n) is 1.33. The minimum absolute atomic E-state index is 0.346. The quantitative estimate of drug-likeness (QED) is 0.707. The molecule has 0 bridgehead atoms. The number of hydrogen-bond acceptors (Lipinski definition) is 1. The van der Waals surface area contributed by atoms with Gasteiger partial charge in [-0.15, -0.1) is 6.58 Å². The molecule has 1 atom stereocenters. The highest BCUT2D eigenvalue weighted by atomic mass is 79.9. The smallest absolute Gasteiger partial charge is 0.120 e. The highest BCUT2D eigenvalue weighted by Crippen LogP contribution is 2.27. The molecule has 1 nitrogen and oxygen atoms in total. The molecule has 0 aromatic heterocycles. The predicted octanol–water partition coefficient (Wildman–Crippen LogP) is 4.77. The zero-order valence-corrected chi connectivity index (χ0v) is 11.8. The second-order valence-corrected chi connectivity index (χ2v) is 5.37. The number of rotatable bonds is 5. The standard InChI is InChI=1S/C14H19BrO/c1-5-11(4)12-6-13(15)8-14(7-12)16-9-10(2)3/h5-8,10-11H,1,9H2,2-4H3. The van der Waals surface area contributed by atoms with E-state index in [9.17, 15) is 0 Å². The highest BCUT2D eigenvalue weighted by Gasteiger charge is 2.05. The van der Waals surface area contributed by atoms with Gasteiger partial charge in [0.15, 0.2) is 0 Å². The van der Waals surface area contributed by atoms with Crippen LogP contribution in [0.5, 0.6) is 5.75 Å². The van der Waals surface area contributed by atoms with Crippen molar-refractivity contribution >= 4 is 15.9 Å². The van der Waals surface area contributed by atoms with Crippen molar-refractivity contribution in [1.29, 1.82) is 0 Å². The van der Waals surface area contributed by atoms with Gasteiger partial charge in [0.2, 0.25) is 0 Å². The maximum atomic E-state index is 5.72. The van der Waals surface area contributed by atoms with Crippen molar-refractivity contribution in [3.8, 4) is 5.75 Å². The van der Waals surface area contributed by atoms with Crippen LogP contribution in [0.1, 0.15) is 32.3 Å². The molecule has 88 valence electrons. The van der Waals surface area contributed by atoms with Crippen LogP contribution in [0.2, 0.25) is 0 Å². The van der Waals surface area contributed by atoms with Gasteiger partial charge >= 0.3 is 0 Å². The molecule has 2 heteroatoms. The third-order valence-corrected chi connectivity index (χ3v) is 2.81. The summed E-state index contributed by atoms with van der Waals surface area (Å²) < 4.78 is 6.77. The zero-order chi connectivity index (χ0) is 12.1. The van der Waals surface area contributed by atoms with E-state index in [2.05, 4.69) is 55.4 Å². The molecule has 1 unspecified atom stereocenters. The first kappa shape index (κ1) is 13.3. The van der Waals surface area contributed by atoms with Crippen molar-refractivity contribution in [3.05, 3.63) is 40.9 Å². The summed E-state index contributed by atoms with van der Waals surface area (Å²) in [5, 5.41) is 0. The third kappa shape index (κ3) is 4.01. The summed E-state index contributed by atoms with van der Waals surface area (Å²) in [7, 11) is 0. The maximum absolute atomic E-state index is 5.72. The number of halogens is 1. The predicted molar refractivity (Wildman–Crippen MR) is 73.1 cm³/mol. The molecule has 0 N–H and O–H groups in total. The Hall–Kier alpha value is -0.760. The second-order valence-electron chi connectivity index (χ2n) is 4.45. The lowest BCUT2D eigenvalue weighted by Crippen LogP contribution is -2.05. The number of benzene rings is 1. The minimum atomic E-state index is 0.346. The van der Waals surface area contributed by atoms with Gasteiger partial charge in [-0.05, 0) is 35.6 Å². The Morgan fingerprint density at radius 3 is 2.56 bits per heavy atom. The van der Waals surface area contributed by atoms with Crippen molar-refractivity contribution in [3.63, 3.8) is 0 Å². The molecule has 16 heavy (non-hydrogen) atoms. The summed E-state index contributed by atoms with van der Waals surface area (Å²) >= 11 is 3.50. The van der Waals surface area contributed by atoms with Crippen LogP contribution >= 0.6 is 15.9 Å². The molecule has 0 aliphatic carbocycles. The minimum Gasteiger partial charge on any atom is -0.493 e. The van der Waals surface area contributed by atoms with E-state index in [4.69, 9.17) is 4.74 Å². The molecule has 0 spiro atoms. The fraction of sp³-hybridized carbons (Fsp3) is 0.429. The van der Waals surface area contributed by atoms with Gasteiger partial charge < -0.3 is 4.74 Å². The Labute approximate surface area is 107 Å². The Balaban J connectivity index is 2.85. The Bertz CT molecular complexity index is 358. The largest absolute Gasteiger partial charge is 0.493 e. The first-order chi connectivity index (χ1) is 7.52. The molecular formula is C14H19BrO. The van der Waals surface area contributed by atoms with E-state index in [0.717, 1.165) is 16.8 Å². The Morgan fingerprint density at radius 2 is 2.00 bits per heavy atom. The lowest BCUT2D eigenvalue weighted by molar-refractivity contribution is 0.270. The zero-order valence-electron chi connectivity index (χ0n) is 10.2. The van der Waals surface area contributed by atoms with Crippen LogP contribution in [0.25, 0.3) is 0 Å². The molecule has 1 aromatic carbocycles. The number of hydrogen-bond donors (Lipinski definition) is 0. The van der Waals surface area contributed by atoms with Crippen LogP contribution in [0.15, 0.2) is 35.3 Å². The molecule has 0 aliphatic heterocycles. The molecular weight excluding hydrogens is 264 g/mol. The van der Waals surface area contributed by atoms with Gasteiger partial charge in [-0.1, -0.05) is 42.8 Å². The van der Waals surface area contributed by atoms with Crippen LogP contribution in [0.3, 0.4) is 0 Å². The van der Waals surface area contributed by atoms with Crippen molar-refractivity contribution in [1.82, 2.24) is 0 Å². The van der Waals surface area contributed by atoms with E-state index < -0.39 is 0 Å². The van der Waals surface area contributed by atoms with E-state index >= 15 is 0 Å². The van der Waals surface area contributed by atoms with E-state index in [1.165, 1.54) is 5.56 Å². The first-order valence-corrected chi connectivity index (χ1v) is 6.38. The van der Waals surface area contributed by atoms with Crippen molar-refractivity contribution in [2.75, 3.05) is 6.61 Å². The average molecular weight is 283 g/mol. The topological polar surface area (TPSA) is 9.23 Å². The lowest BCUT2D eigenvalue weighted by atomic mass is 10.0. The molecule has 0 saturated heterocycles. The van der Waals surface area contributed by atoms with Gasteiger partial charge in [0.25, 0.3) is 0 Å². The van der Waals surface area contributed by atoms with Gasteiger partial charge in [-0.25, -0.2) is 0 Å². The molecule has 0 heterocycles. The van der Waals surface area contributed by atoms with E-state index in [0.29, 0.717) is 11.8 Å². The maximum Gasteiger partial charge on any atom is 0.120 e. The van der Waals surface area contributed by atoms with Gasteiger partial charge in [-0.3, -0.25) is 0 Å². The normalized spacial score (nSPS) is 12.6. The van der Waals surface area contributed by atoms with E-state index in [-0.39, 0.29) is 0 Å². The van der Waals surface area contributed by atoms with E-state index in [1.807, 2.05) is 12.1 Å². The summed E-state index contributed by atoms with van der Waals surface area (Å²) in [6.07, 6.45) is 1.94. The van der Waals surface area contributed by atoms with Crippen molar-refractivity contribution in [2.24, 2.45) is 5.92 Å². The summed E-state index contributed by atoms with van der Waals surface area (Å²) in [6.45, 7) is 11.0. The summed E-state index contributed by atoms with van der Waals surface area (Å²) in [5.74, 6) is 1.81. The Kier molecular flexibility index (Phi) is 5.07. The average Bonchev–Trinajstić information content (AvgIpc) is 2.24. The fourth-order valence-corrected chi connectivity index (χ4v) is 1.82. The second kappa shape index (κ2) is 6.09.